The number of rotatable bonds is 7. The van der Waals surface area contributed by atoms with Crippen LogP contribution in [0.1, 0.15) is 65.4 Å². The Kier molecular flexibility index (Phi) is 6.50. The summed E-state index contributed by atoms with van der Waals surface area (Å²) in [4.78, 5) is 0. The Hall–Kier alpha value is -1.50. The molecule has 2 rings (SSSR count). The van der Waals surface area contributed by atoms with E-state index in [1.165, 1.54) is 36.8 Å². The van der Waals surface area contributed by atoms with Crippen LogP contribution < -0.4 is 0 Å². The van der Waals surface area contributed by atoms with E-state index in [9.17, 15) is 0 Å². The fourth-order valence-corrected chi connectivity index (χ4v) is 3.34. The smallest absolute Gasteiger partial charge is 0.0913 e. The first-order valence-corrected chi connectivity index (χ1v) is 8.99. The van der Waals surface area contributed by atoms with Gasteiger partial charge in [0.05, 0.1) is 12.9 Å². The molecule has 0 aliphatic heterocycles. The summed E-state index contributed by atoms with van der Waals surface area (Å²) in [5, 5.41) is 0. The molecule has 0 saturated heterocycles. The lowest BCUT2D eigenvalue weighted by Gasteiger charge is -2.33. The normalized spacial score (nSPS) is 18.2. The van der Waals surface area contributed by atoms with E-state index in [0.717, 1.165) is 19.4 Å². The second-order valence-electron chi connectivity index (χ2n) is 7.54. The standard InChI is InChI=1S/C22H32O/c1-18(17-23-16-14-20-9-6-5-7-10-20)12-13-21-11-8-15-22(3,4)19(21)2/h5-7,9-10,17H,8,11-16H2,1-4H3. The Balaban J connectivity index is 1.75. The molecule has 0 amide bonds. The zero-order chi connectivity index (χ0) is 16.7. The molecule has 1 aromatic carbocycles. The van der Waals surface area contributed by atoms with Gasteiger partial charge in [-0.15, -0.1) is 0 Å². The summed E-state index contributed by atoms with van der Waals surface area (Å²) >= 11 is 0. The number of benzene rings is 1. The van der Waals surface area contributed by atoms with E-state index in [-0.39, 0.29) is 0 Å². The molecule has 1 aromatic rings. The zero-order valence-electron chi connectivity index (χ0n) is 15.3. The van der Waals surface area contributed by atoms with Crippen LogP contribution in [-0.4, -0.2) is 6.61 Å². The quantitative estimate of drug-likeness (QED) is 0.319. The molecule has 0 atom stereocenters. The van der Waals surface area contributed by atoms with Gasteiger partial charge in [-0.05, 0) is 62.5 Å². The molecule has 1 aliphatic carbocycles. The van der Waals surface area contributed by atoms with Crippen LogP contribution >= 0.6 is 0 Å². The molecular weight excluding hydrogens is 280 g/mol. The van der Waals surface area contributed by atoms with Crippen molar-refractivity contribution in [3.8, 4) is 0 Å². The van der Waals surface area contributed by atoms with Crippen LogP contribution in [0.3, 0.4) is 0 Å². The Labute approximate surface area is 142 Å². The van der Waals surface area contributed by atoms with Crippen molar-refractivity contribution >= 4 is 0 Å². The maximum atomic E-state index is 5.73. The van der Waals surface area contributed by atoms with Gasteiger partial charge in [0, 0.05) is 6.42 Å². The molecule has 1 nitrogen and oxygen atoms in total. The highest BCUT2D eigenvalue weighted by Crippen LogP contribution is 2.41. The molecule has 23 heavy (non-hydrogen) atoms. The zero-order valence-corrected chi connectivity index (χ0v) is 15.3. The highest BCUT2D eigenvalue weighted by atomic mass is 16.5. The van der Waals surface area contributed by atoms with E-state index >= 15 is 0 Å². The minimum Gasteiger partial charge on any atom is -0.501 e. The third kappa shape index (κ3) is 5.57. The van der Waals surface area contributed by atoms with Crippen LogP contribution in [0.25, 0.3) is 0 Å². The third-order valence-corrected chi connectivity index (χ3v) is 5.28. The number of hydrogen-bond donors (Lipinski definition) is 0. The van der Waals surface area contributed by atoms with Crippen molar-refractivity contribution in [2.75, 3.05) is 6.61 Å². The third-order valence-electron chi connectivity index (χ3n) is 5.28. The highest BCUT2D eigenvalue weighted by Gasteiger charge is 2.26. The molecule has 126 valence electrons. The van der Waals surface area contributed by atoms with Gasteiger partial charge >= 0.3 is 0 Å². The Morgan fingerprint density at radius 3 is 2.65 bits per heavy atom. The van der Waals surface area contributed by atoms with E-state index in [1.54, 1.807) is 11.1 Å². The average Bonchev–Trinajstić information content (AvgIpc) is 2.54. The van der Waals surface area contributed by atoms with Gasteiger partial charge in [0.15, 0.2) is 0 Å². The summed E-state index contributed by atoms with van der Waals surface area (Å²) < 4.78 is 5.73. The van der Waals surface area contributed by atoms with Gasteiger partial charge in [0.25, 0.3) is 0 Å². The lowest BCUT2D eigenvalue weighted by atomic mass is 9.72. The molecule has 0 fully saturated rings. The summed E-state index contributed by atoms with van der Waals surface area (Å²) in [6.45, 7) is 10.1. The molecule has 1 heteroatoms. The molecular formula is C22H32O. The maximum Gasteiger partial charge on any atom is 0.0913 e. The van der Waals surface area contributed by atoms with E-state index in [2.05, 4.69) is 58.0 Å². The van der Waals surface area contributed by atoms with Crippen molar-refractivity contribution in [1.82, 2.24) is 0 Å². The van der Waals surface area contributed by atoms with Crippen molar-refractivity contribution < 1.29 is 4.74 Å². The first kappa shape index (κ1) is 17.8. The fourth-order valence-electron chi connectivity index (χ4n) is 3.34. The van der Waals surface area contributed by atoms with E-state index in [1.807, 2.05) is 6.26 Å². The summed E-state index contributed by atoms with van der Waals surface area (Å²) in [7, 11) is 0. The highest BCUT2D eigenvalue weighted by molar-refractivity contribution is 5.22. The molecule has 0 heterocycles. The Morgan fingerprint density at radius 2 is 1.91 bits per heavy atom. The monoisotopic (exact) mass is 312 g/mol. The number of ether oxygens (including phenoxy) is 1. The van der Waals surface area contributed by atoms with E-state index < -0.39 is 0 Å². The van der Waals surface area contributed by atoms with Crippen LogP contribution in [0.2, 0.25) is 0 Å². The molecule has 0 unspecified atom stereocenters. The van der Waals surface area contributed by atoms with Crippen LogP contribution in [0.15, 0.2) is 53.3 Å². The minimum atomic E-state index is 0.400. The first-order chi connectivity index (χ1) is 11.0. The van der Waals surface area contributed by atoms with Crippen molar-refractivity contribution in [1.29, 1.82) is 0 Å². The largest absolute Gasteiger partial charge is 0.501 e. The van der Waals surface area contributed by atoms with Crippen molar-refractivity contribution in [2.24, 2.45) is 5.41 Å². The van der Waals surface area contributed by atoms with Gasteiger partial charge in [-0.1, -0.05) is 55.3 Å². The molecule has 0 spiro atoms. The molecule has 0 N–H and O–H groups in total. The predicted octanol–water partition coefficient (Wildman–Crippen LogP) is 6.46. The van der Waals surface area contributed by atoms with Crippen LogP contribution in [0.5, 0.6) is 0 Å². The van der Waals surface area contributed by atoms with Gasteiger partial charge < -0.3 is 4.74 Å². The Bertz CT molecular complexity index is 549. The van der Waals surface area contributed by atoms with Crippen molar-refractivity contribution in [2.45, 2.75) is 66.2 Å². The van der Waals surface area contributed by atoms with Gasteiger partial charge in [-0.3, -0.25) is 0 Å². The lowest BCUT2D eigenvalue weighted by molar-refractivity contribution is 0.250. The minimum absolute atomic E-state index is 0.400. The topological polar surface area (TPSA) is 9.23 Å². The lowest BCUT2D eigenvalue weighted by Crippen LogP contribution is -2.19. The molecule has 0 radical (unpaired) electrons. The van der Waals surface area contributed by atoms with Crippen molar-refractivity contribution in [3.05, 3.63) is 58.9 Å². The van der Waals surface area contributed by atoms with Gasteiger partial charge in [-0.25, -0.2) is 0 Å². The fraction of sp³-hybridized carbons (Fsp3) is 0.545. The average molecular weight is 312 g/mol. The number of allylic oxidation sites excluding steroid dienone is 3. The molecule has 0 aromatic heterocycles. The summed E-state index contributed by atoms with van der Waals surface area (Å²) in [6.07, 6.45) is 9.22. The summed E-state index contributed by atoms with van der Waals surface area (Å²) in [5.74, 6) is 0. The molecule has 1 aliphatic rings. The van der Waals surface area contributed by atoms with E-state index in [4.69, 9.17) is 4.74 Å². The molecule has 0 bridgehead atoms. The van der Waals surface area contributed by atoms with Crippen LogP contribution in [0.4, 0.5) is 0 Å². The maximum absolute atomic E-state index is 5.73. The number of hydrogen-bond acceptors (Lipinski definition) is 1. The second kappa shape index (κ2) is 8.38. The Morgan fingerprint density at radius 1 is 1.17 bits per heavy atom. The van der Waals surface area contributed by atoms with Crippen LogP contribution in [-0.2, 0) is 11.2 Å². The van der Waals surface area contributed by atoms with Crippen LogP contribution in [0, 0.1) is 5.41 Å². The predicted molar refractivity (Wildman–Crippen MR) is 99.4 cm³/mol. The van der Waals surface area contributed by atoms with E-state index in [0.29, 0.717) is 5.41 Å². The molecule has 0 saturated carbocycles. The first-order valence-electron chi connectivity index (χ1n) is 8.99. The summed E-state index contributed by atoms with van der Waals surface area (Å²) in [6, 6.07) is 10.5. The SMILES string of the molecule is CC(=COCCc1ccccc1)CCC1=C(C)C(C)(C)CCC1. The van der Waals surface area contributed by atoms with Gasteiger partial charge in [0.1, 0.15) is 0 Å². The van der Waals surface area contributed by atoms with Crippen molar-refractivity contribution in [3.63, 3.8) is 0 Å². The summed E-state index contributed by atoms with van der Waals surface area (Å²) in [5.41, 5.74) is 6.39. The second-order valence-corrected chi connectivity index (χ2v) is 7.54. The van der Waals surface area contributed by atoms with Gasteiger partial charge in [0.2, 0.25) is 0 Å². The van der Waals surface area contributed by atoms with Gasteiger partial charge in [-0.2, -0.15) is 0 Å².